The van der Waals surface area contributed by atoms with Crippen LogP contribution in [0.15, 0.2) is 41.5 Å². The molecule has 1 aliphatic carbocycles. The van der Waals surface area contributed by atoms with E-state index in [2.05, 4.69) is 57.0 Å². The van der Waals surface area contributed by atoms with Crippen molar-refractivity contribution < 1.29 is 0 Å². The smallest absolute Gasteiger partial charge is 0.158 e. The molecule has 1 aliphatic rings. The van der Waals surface area contributed by atoms with Crippen molar-refractivity contribution in [2.45, 2.75) is 39.0 Å². The van der Waals surface area contributed by atoms with Gasteiger partial charge in [0.15, 0.2) is 5.82 Å². The van der Waals surface area contributed by atoms with E-state index in [1.165, 1.54) is 42.5 Å². The minimum Gasteiger partial charge on any atom is -0.261 e. The van der Waals surface area contributed by atoms with Gasteiger partial charge in [-0.2, -0.15) is 5.10 Å². The first-order valence-electron chi connectivity index (χ1n) is 8.92. The first-order valence-corrected chi connectivity index (χ1v) is 9.74. The van der Waals surface area contributed by atoms with Crippen molar-refractivity contribution in [3.05, 3.63) is 42.2 Å². The molecular weight excluding hydrogens is 328 g/mol. The highest BCUT2D eigenvalue weighted by Crippen LogP contribution is 2.35. The van der Waals surface area contributed by atoms with Crippen molar-refractivity contribution in [1.82, 2.24) is 9.97 Å². The van der Waals surface area contributed by atoms with E-state index >= 15 is 0 Å². The van der Waals surface area contributed by atoms with Gasteiger partial charge >= 0.3 is 0 Å². The third-order valence-electron chi connectivity index (χ3n) is 4.67. The Hall–Kier alpha value is -2.27. The Morgan fingerprint density at radius 3 is 2.72 bits per heavy atom. The van der Waals surface area contributed by atoms with Crippen LogP contribution < -0.4 is 5.43 Å². The molecule has 0 radical (unpaired) electrons. The number of hydrazone groups is 1. The highest BCUT2D eigenvalue weighted by Gasteiger charge is 2.13. The summed E-state index contributed by atoms with van der Waals surface area (Å²) in [5.74, 6) is 2.17. The second kappa shape index (κ2) is 7.31. The number of nitrogens with one attached hydrogen (secondary N) is 1. The number of anilines is 1. The van der Waals surface area contributed by atoms with Crippen molar-refractivity contribution >= 4 is 33.6 Å². The number of benzene rings is 1. The molecule has 0 saturated heterocycles. The van der Waals surface area contributed by atoms with Gasteiger partial charge in [0.05, 0.1) is 5.39 Å². The molecule has 0 aliphatic heterocycles. The molecule has 4 rings (SSSR count). The van der Waals surface area contributed by atoms with Gasteiger partial charge in [0.2, 0.25) is 0 Å². The van der Waals surface area contributed by atoms with Gasteiger partial charge in [-0.05, 0) is 37.3 Å². The lowest BCUT2D eigenvalue weighted by Gasteiger charge is -2.16. The van der Waals surface area contributed by atoms with Gasteiger partial charge in [-0.1, -0.05) is 49.6 Å². The Labute approximate surface area is 152 Å². The number of rotatable bonds is 4. The molecule has 5 heteroatoms. The van der Waals surface area contributed by atoms with E-state index in [0.717, 1.165) is 21.9 Å². The van der Waals surface area contributed by atoms with Crippen LogP contribution in [-0.2, 0) is 0 Å². The van der Waals surface area contributed by atoms with E-state index in [9.17, 15) is 0 Å². The number of nitrogens with zero attached hydrogens (tertiary/aromatic N) is 3. The maximum atomic E-state index is 4.60. The van der Waals surface area contributed by atoms with E-state index in [4.69, 9.17) is 0 Å². The van der Waals surface area contributed by atoms with Crippen LogP contribution in [0, 0.1) is 12.8 Å². The Morgan fingerprint density at radius 2 is 1.92 bits per heavy atom. The molecule has 4 nitrogen and oxygen atoms in total. The molecule has 2 aromatic heterocycles. The topological polar surface area (TPSA) is 50.2 Å². The molecule has 0 spiro atoms. The Balaban J connectivity index is 1.61. The second-order valence-corrected chi connectivity index (χ2v) is 7.63. The second-order valence-electron chi connectivity index (χ2n) is 6.60. The van der Waals surface area contributed by atoms with Crippen molar-refractivity contribution in [3.8, 4) is 10.4 Å². The highest BCUT2D eigenvalue weighted by atomic mass is 32.1. The van der Waals surface area contributed by atoms with Crippen molar-refractivity contribution in [2.75, 3.05) is 5.43 Å². The predicted molar refractivity (Wildman–Crippen MR) is 106 cm³/mol. The molecule has 0 bridgehead atoms. The lowest BCUT2D eigenvalue weighted by molar-refractivity contribution is 0.445. The SMILES string of the molecule is Cc1nc(N/N=C\C2CCCCC2)c2cc(-c3ccccc3)sc2n1. The van der Waals surface area contributed by atoms with Crippen LogP contribution in [-0.4, -0.2) is 16.2 Å². The van der Waals surface area contributed by atoms with Gasteiger partial charge in [-0.3, -0.25) is 5.43 Å². The van der Waals surface area contributed by atoms with Crippen LogP contribution in [0.3, 0.4) is 0 Å². The maximum Gasteiger partial charge on any atom is 0.158 e. The summed E-state index contributed by atoms with van der Waals surface area (Å²) in [6, 6.07) is 12.6. The fourth-order valence-electron chi connectivity index (χ4n) is 3.35. The molecule has 2 heterocycles. The predicted octanol–water partition coefficient (Wildman–Crippen LogP) is 5.64. The van der Waals surface area contributed by atoms with Crippen LogP contribution in [0.2, 0.25) is 0 Å². The molecule has 0 amide bonds. The normalized spacial score (nSPS) is 15.9. The lowest BCUT2D eigenvalue weighted by atomic mass is 9.90. The molecule has 3 aromatic rings. The van der Waals surface area contributed by atoms with E-state index in [1.54, 1.807) is 11.3 Å². The third kappa shape index (κ3) is 3.71. The quantitative estimate of drug-likeness (QED) is 0.489. The zero-order valence-electron chi connectivity index (χ0n) is 14.4. The zero-order chi connectivity index (χ0) is 17.1. The summed E-state index contributed by atoms with van der Waals surface area (Å²) < 4.78 is 0. The summed E-state index contributed by atoms with van der Waals surface area (Å²) in [4.78, 5) is 11.4. The summed E-state index contributed by atoms with van der Waals surface area (Å²) in [7, 11) is 0. The lowest BCUT2D eigenvalue weighted by Crippen LogP contribution is -2.08. The Morgan fingerprint density at radius 1 is 1.12 bits per heavy atom. The highest BCUT2D eigenvalue weighted by molar-refractivity contribution is 7.21. The molecule has 0 unspecified atom stereocenters. The average molecular weight is 350 g/mol. The number of aromatic nitrogens is 2. The summed E-state index contributed by atoms with van der Waals surface area (Å²) in [5, 5.41) is 5.52. The van der Waals surface area contributed by atoms with E-state index in [-0.39, 0.29) is 0 Å². The fraction of sp³-hybridized carbons (Fsp3) is 0.350. The fourth-order valence-corrected chi connectivity index (χ4v) is 4.43. The number of aryl methyl sites for hydroxylation is 1. The van der Waals surface area contributed by atoms with Gasteiger partial charge in [0.25, 0.3) is 0 Å². The summed E-state index contributed by atoms with van der Waals surface area (Å²) in [5.41, 5.74) is 4.37. The maximum absolute atomic E-state index is 4.60. The van der Waals surface area contributed by atoms with Gasteiger partial charge < -0.3 is 0 Å². The Kier molecular flexibility index (Phi) is 4.74. The van der Waals surface area contributed by atoms with E-state index in [0.29, 0.717) is 5.92 Å². The molecule has 1 saturated carbocycles. The van der Waals surface area contributed by atoms with Gasteiger partial charge in [-0.25, -0.2) is 9.97 Å². The van der Waals surface area contributed by atoms with Crippen molar-refractivity contribution in [2.24, 2.45) is 11.0 Å². The van der Waals surface area contributed by atoms with Crippen molar-refractivity contribution in [3.63, 3.8) is 0 Å². The van der Waals surface area contributed by atoms with Crippen LogP contribution in [0.4, 0.5) is 5.82 Å². The summed E-state index contributed by atoms with van der Waals surface area (Å²) >= 11 is 1.70. The number of thiophene rings is 1. The van der Waals surface area contributed by atoms with Gasteiger partial charge in [0.1, 0.15) is 10.7 Å². The minimum absolute atomic E-state index is 0.599. The zero-order valence-corrected chi connectivity index (χ0v) is 15.2. The third-order valence-corrected chi connectivity index (χ3v) is 5.75. The molecule has 1 N–H and O–H groups in total. The Bertz CT molecular complexity index is 879. The molecule has 128 valence electrons. The van der Waals surface area contributed by atoms with E-state index in [1.807, 2.05) is 13.0 Å². The van der Waals surface area contributed by atoms with E-state index < -0.39 is 0 Å². The minimum atomic E-state index is 0.599. The number of hydrogen-bond donors (Lipinski definition) is 1. The summed E-state index contributed by atoms with van der Waals surface area (Å²) in [6.07, 6.45) is 8.56. The van der Waals surface area contributed by atoms with Gasteiger partial charge in [0, 0.05) is 11.1 Å². The molecule has 25 heavy (non-hydrogen) atoms. The molecule has 0 atom stereocenters. The summed E-state index contributed by atoms with van der Waals surface area (Å²) in [6.45, 7) is 1.93. The first kappa shape index (κ1) is 16.2. The molecule has 1 aromatic carbocycles. The standard InChI is InChI=1S/C20H22N4S/c1-14-22-19(24-21-13-15-8-4-2-5-9-15)17-12-18(25-20(17)23-14)16-10-6-3-7-11-16/h3,6-7,10-13,15H,2,4-5,8-9H2,1H3,(H,22,23,24)/b21-13-. The molecular formula is C20H22N4S. The molecule has 1 fully saturated rings. The number of fused-ring (bicyclic) bond motifs is 1. The van der Waals surface area contributed by atoms with Crippen LogP contribution >= 0.6 is 11.3 Å². The van der Waals surface area contributed by atoms with Crippen LogP contribution in [0.25, 0.3) is 20.7 Å². The largest absolute Gasteiger partial charge is 0.261 e. The van der Waals surface area contributed by atoms with Crippen LogP contribution in [0.1, 0.15) is 37.9 Å². The first-order chi connectivity index (χ1) is 12.3. The van der Waals surface area contributed by atoms with Gasteiger partial charge in [-0.15, -0.1) is 11.3 Å². The number of hydrogen-bond acceptors (Lipinski definition) is 5. The average Bonchev–Trinajstić information content (AvgIpc) is 3.07. The van der Waals surface area contributed by atoms with Crippen molar-refractivity contribution in [1.29, 1.82) is 0 Å². The monoisotopic (exact) mass is 350 g/mol. The van der Waals surface area contributed by atoms with Crippen LogP contribution in [0.5, 0.6) is 0 Å².